The van der Waals surface area contributed by atoms with Gasteiger partial charge < -0.3 is 9.42 Å². The fourth-order valence-electron chi connectivity index (χ4n) is 2.58. The molecule has 3 rings (SSSR count). The molecule has 1 aromatic carbocycles. The molecule has 122 valence electrons. The summed E-state index contributed by atoms with van der Waals surface area (Å²) in [5, 5.41) is 3.78. The molecule has 2 heterocycles. The van der Waals surface area contributed by atoms with Crippen molar-refractivity contribution in [1.82, 2.24) is 10.1 Å². The van der Waals surface area contributed by atoms with Crippen LogP contribution in [0, 0.1) is 5.82 Å². The number of aromatic nitrogens is 1. The molecule has 2 aromatic rings. The smallest absolute Gasteiger partial charge is 0.292 e. The Morgan fingerprint density at radius 2 is 2.17 bits per heavy atom. The summed E-state index contributed by atoms with van der Waals surface area (Å²) in [5.74, 6) is -0.814. The van der Waals surface area contributed by atoms with Crippen LogP contribution in [0.5, 0.6) is 0 Å². The zero-order valence-corrected chi connectivity index (χ0v) is 13.2. The van der Waals surface area contributed by atoms with Gasteiger partial charge in [-0.3, -0.25) is 4.79 Å². The van der Waals surface area contributed by atoms with Crippen molar-refractivity contribution in [1.29, 1.82) is 0 Å². The van der Waals surface area contributed by atoms with Crippen LogP contribution in [0.15, 0.2) is 34.9 Å². The first-order valence-corrected chi connectivity index (χ1v) is 8.88. The van der Waals surface area contributed by atoms with E-state index in [2.05, 4.69) is 5.16 Å². The summed E-state index contributed by atoms with van der Waals surface area (Å²) in [6.45, 7) is 0. The van der Waals surface area contributed by atoms with E-state index in [4.69, 9.17) is 4.52 Å². The van der Waals surface area contributed by atoms with Gasteiger partial charge in [0.2, 0.25) is 5.76 Å². The third kappa shape index (κ3) is 3.26. The summed E-state index contributed by atoms with van der Waals surface area (Å²) in [4.78, 5) is 13.7. The molecule has 0 spiro atoms. The second-order valence-corrected chi connectivity index (χ2v) is 7.79. The van der Waals surface area contributed by atoms with Gasteiger partial charge in [-0.2, -0.15) is 0 Å². The van der Waals surface area contributed by atoms with E-state index >= 15 is 0 Å². The maximum atomic E-state index is 13.2. The standard InChI is InChI=1S/C15H15FN2O4S/c1-18(12-5-6-23(20,21)9-12)15(19)14-8-13(17-22-14)10-3-2-4-11(16)7-10/h2-4,7-8,12H,5-6,9H2,1H3/t12-/m1/s1. The van der Waals surface area contributed by atoms with Gasteiger partial charge in [0, 0.05) is 24.7 Å². The summed E-state index contributed by atoms with van der Waals surface area (Å²) in [6.07, 6.45) is 0.412. The number of hydrogen-bond donors (Lipinski definition) is 0. The summed E-state index contributed by atoms with van der Waals surface area (Å²) < 4.78 is 41.3. The topological polar surface area (TPSA) is 80.5 Å². The van der Waals surface area contributed by atoms with E-state index in [1.165, 1.54) is 36.2 Å². The lowest BCUT2D eigenvalue weighted by Gasteiger charge is -2.21. The monoisotopic (exact) mass is 338 g/mol. The Bertz CT molecular complexity index is 847. The maximum Gasteiger partial charge on any atom is 0.292 e. The van der Waals surface area contributed by atoms with E-state index in [1.54, 1.807) is 6.07 Å². The number of sulfone groups is 1. The Morgan fingerprint density at radius 3 is 2.83 bits per heavy atom. The van der Waals surface area contributed by atoms with Crippen LogP contribution < -0.4 is 0 Å². The number of nitrogens with zero attached hydrogens (tertiary/aromatic N) is 2. The van der Waals surface area contributed by atoms with Crippen molar-refractivity contribution in [2.75, 3.05) is 18.6 Å². The minimum Gasteiger partial charge on any atom is -0.350 e. The average molecular weight is 338 g/mol. The summed E-state index contributed by atoms with van der Waals surface area (Å²) in [7, 11) is -1.54. The maximum absolute atomic E-state index is 13.2. The highest BCUT2D eigenvalue weighted by Gasteiger charge is 2.34. The first-order chi connectivity index (χ1) is 10.9. The van der Waals surface area contributed by atoms with Gasteiger partial charge in [-0.25, -0.2) is 12.8 Å². The number of amides is 1. The summed E-state index contributed by atoms with van der Waals surface area (Å²) >= 11 is 0. The Hall–Kier alpha value is -2.22. The van der Waals surface area contributed by atoms with E-state index in [0.717, 1.165) is 0 Å². The zero-order valence-electron chi connectivity index (χ0n) is 12.4. The van der Waals surface area contributed by atoms with Crippen LogP contribution in [0.25, 0.3) is 11.3 Å². The fourth-order valence-corrected chi connectivity index (χ4v) is 4.35. The molecule has 0 unspecified atom stereocenters. The van der Waals surface area contributed by atoms with Crippen LogP contribution in [0.3, 0.4) is 0 Å². The van der Waals surface area contributed by atoms with Gasteiger partial charge in [0.15, 0.2) is 9.84 Å². The van der Waals surface area contributed by atoms with Crippen molar-refractivity contribution in [3.63, 3.8) is 0 Å². The molecule has 1 saturated heterocycles. The SMILES string of the molecule is CN(C(=O)c1cc(-c2cccc(F)c2)no1)[C@@H]1CCS(=O)(=O)C1. The van der Waals surface area contributed by atoms with Crippen molar-refractivity contribution < 1.29 is 22.1 Å². The molecule has 6 nitrogen and oxygen atoms in total. The number of benzene rings is 1. The van der Waals surface area contributed by atoms with Crippen molar-refractivity contribution in [2.24, 2.45) is 0 Å². The molecule has 1 amide bonds. The highest BCUT2D eigenvalue weighted by Crippen LogP contribution is 2.22. The van der Waals surface area contributed by atoms with E-state index in [1.807, 2.05) is 0 Å². The summed E-state index contributed by atoms with van der Waals surface area (Å²) in [6, 6.07) is 6.86. The van der Waals surface area contributed by atoms with Crippen molar-refractivity contribution in [3.05, 3.63) is 41.9 Å². The van der Waals surface area contributed by atoms with Crippen LogP contribution in [0.1, 0.15) is 17.0 Å². The fraction of sp³-hybridized carbons (Fsp3) is 0.333. The van der Waals surface area contributed by atoms with Crippen molar-refractivity contribution in [2.45, 2.75) is 12.5 Å². The minimum absolute atomic E-state index is 0.00365. The van der Waals surface area contributed by atoms with E-state index in [9.17, 15) is 17.6 Å². The molecule has 0 N–H and O–H groups in total. The first kappa shape index (κ1) is 15.7. The Morgan fingerprint density at radius 1 is 1.39 bits per heavy atom. The molecule has 8 heteroatoms. The number of carbonyl (C=O) groups excluding carboxylic acids is 1. The van der Waals surface area contributed by atoms with Crippen LogP contribution in [0.2, 0.25) is 0 Å². The van der Waals surface area contributed by atoms with Gasteiger partial charge in [-0.15, -0.1) is 0 Å². The molecule has 0 radical (unpaired) electrons. The van der Waals surface area contributed by atoms with Gasteiger partial charge >= 0.3 is 0 Å². The number of halogens is 1. The van der Waals surface area contributed by atoms with E-state index in [0.29, 0.717) is 17.7 Å². The van der Waals surface area contributed by atoms with Crippen LogP contribution >= 0.6 is 0 Å². The molecule has 1 atom stereocenters. The lowest BCUT2D eigenvalue weighted by atomic mass is 10.1. The molecule has 1 aliphatic rings. The molecule has 1 aliphatic heterocycles. The van der Waals surface area contributed by atoms with Gasteiger partial charge in [0.25, 0.3) is 5.91 Å². The van der Waals surface area contributed by atoms with E-state index < -0.39 is 21.6 Å². The number of hydrogen-bond acceptors (Lipinski definition) is 5. The summed E-state index contributed by atoms with van der Waals surface area (Å²) in [5.41, 5.74) is 0.846. The van der Waals surface area contributed by atoms with Gasteiger partial charge in [-0.1, -0.05) is 17.3 Å². The Balaban J connectivity index is 1.79. The lowest BCUT2D eigenvalue weighted by Crippen LogP contribution is -2.37. The van der Waals surface area contributed by atoms with Crippen LogP contribution in [-0.2, 0) is 9.84 Å². The molecular formula is C15H15FN2O4S. The molecule has 0 aliphatic carbocycles. The van der Waals surface area contributed by atoms with Gasteiger partial charge in [0.05, 0.1) is 11.5 Å². The average Bonchev–Trinajstić information content (AvgIpc) is 3.12. The third-order valence-electron chi connectivity index (χ3n) is 3.92. The van der Waals surface area contributed by atoms with Crippen LogP contribution in [-0.4, -0.2) is 49.0 Å². The normalized spacial score (nSPS) is 19.7. The van der Waals surface area contributed by atoms with Gasteiger partial charge in [-0.05, 0) is 18.6 Å². The minimum atomic E-state index is -3.08. The Kier molecular flexibility index (Phi) is 3.93. The highest BCUT2D eigenvalue weighted by atomic mass is 32.2. The predicted octanol–water partition coefficient (Wildman–Crippen LogP) is 1.74. The lowest BCUT2D eigenvalue weighted by molar-refractivity contribution is 0.0705. The molecule has 0 bridgehead atoms. The molecule has 1 fully saturated rings. The van der Waals surface area contributed by atoms with Gasteiger partial charge in [0.1, 0.15) is 11.5 Å². The van der Waals surface area contributed by atoms with Crippen molar-refractivity contribution in [3.8, 4) is 11.3 Å². The molecule has 23 heavy (non-hydrogen) atoms. The van der Waals surface area contributed by atoms with Crippen molar-refractivity contribution >= 4 is 15.7 Å². The molecule has 1 aromatic heterocycles. The first-order valence-electron chi connectivity index (χ1n) is 7.06. The quantitative estimate of drug-likeness (QED) is 0.851. The second kappa shape index (κ2) is 5.77. The highest BCUT2D eigenvalue weighted by molar-refractivity contribution is 7.91. The Labute approximate surface area is 132 Å². The number of rotatable bonds is 3. The second-order valence-electron chi connectivity index (χ2n) is 5.56. The number of carbonyl (C=O) groups is 1. The van der Waals surface area contributed by atoms with E-state index in [-0.39, 0.29) is 23.3 Å². The predicted molar refractivity (Wildman–Crippen MR) is 81.0 cm³/mol. The third-order valence-corrected chi connectivity index (χ3v) is 5.67. The van der Waals surface area contributed by atoms with Crippen LogP contribution in [0.4, 0.5) is 4.39 Å². The molecule has 0 saturated carbocycles. The largest absolute Gasteiger partial charge is 0.350 e. The molecular weight excluding hydrogens is 323 g/mol. The zero-order chi connectivity index (χ0) is 16.6.